The van der Waals surface area contributed by atoms with Gasteiger partial charge < -0.3 is 24.7 Å². The van der Waals surface area contributed by atoms with Gasteiger partial charge in [-0.05, 0) is 56.7 Å². The van der Waals surface area contributed by atoms with E-state index in [-0.39, 0.29) is 18.1 Å². The normalized spacial score (nSPS) is 11.4. The molecule has 0 radical (unpaired) electrons. The largest absolute Gasteiger partial charge is 0.497 e. The van der Waals surface area contributed by atoms with Crippen LogP contribution in [0.5, 0.6) is 17.2 Å². The van der Waals surface area contributed by atoms with Gasteiger partial charge in [0.2, 0.25) is 0 Å². The molecule has 12 nitrogen and oxygen atoms in total. The van der Waals surface area contributed by atoms with Crippen molar-refractivity contribution in [3.63, 3.8) is 0 Å². The Morgan fingerprint density at radius 1 is 1.02 bits per heavy atom. The van der Waals surface area contributed by atoms with Crippen LogP contribution < -0.4 is 25.3 Å². The standard InChI is InChI=1S/C31H38FN7O5/c1-31(2,3)44-30(40)36-27-11-10-23(32)25(35-27)17-39(16-20-8-9-21(41-5)14-26(20)42-6)15-19-12-22(28(43-7)24(33)13-19)29-34-18-38(4)37-29/h8-14,18H,15-17,33H2,1-7H3,(H,35,36,40). The summed E-state index contributed by atoms with van der Waals surface area (Å²) < 4.78 is 38.7. The van der Waals surface area contributed by atoms with Gasteiger partial charge in [0.05, 0.1) is 38.3 Å². The third-order valence-corrected chi connectivity index (χ3v) is 6.44. The van der Waals surface area contributed by atoms with Crippen LogP contribution in [0.25, 0.3) is 11.4 Å². The average Bonchev–Trinajstić information content (AvgIpc) is 3.39. The van der Waals surface area contributed by atoms with E-state index in [0.717, 1.165) is 11.1 Å². The van der Waals surface area contributed by atoms with E-state index >= 15 is 4.39 Å². The lowest BCUT2D eigenvalue weighted by molar-refractivity contribution is 0.0635. The number of hydrogen-bond acceptors (Lipinski definition) is 10. The topological polar surface area (TPSA) is 139 Å². The smallest absolute Gasteiger partial charge is 0.413 e. The molecular weight excluding hydrogens is 569 g/mol. The van der Waals surface area contributed by atoms with E-state index in [1.165, 1.54) is 19.2 Å². The van der Waals surface area contributed by atoms with E-state index in [1.54, 1.807) is 65.2 Å². The number of carbonyl (C=O) groups excluding carboxylic acids is 1. The molecule has 0 saturated heterocycles. The molecule has 4 rings (SSSR count). The predicted molar refractivity (Wildman–Crippen MR) is 164 cm³/mol. The first kappa shape index (κ1) is 32.0. The van der Waals surface area contributed by atoms with E-state index in [0.29, 0.717) is 47.4 Å². The van der Waals surface area contributed by atoms with Crippen molar-refractivity contribution in [2.45, 2.75) is 46.0 Å². The number of halogens is 1. The van der Waals surface area contributed by atoms with Gasteiger partial charge in [0, 0.05) is 38.3 Å². The Bertz CT molecular complexity index is 1620. The predicted octanol–water partition coefficient (Wildman–Crippen LogP) is 5.17. The van der Waals surface area contributed by atoms with E-state index in [4.69, 9.17) is 24.7 Å². The van der Waals surface area contributed by atoms with E-state index in [1.807, 2.05) is 23.1 Å². The number of aromatic nitrogens is 4. The fraction of sp³-hybridized carbons (Fsp3) is 0.355. The van der Waals surface area contributed by atoms with Crippen LogP contribution in [0.15, 0.2) is 48.8 Å². The summed E-state index contributed by atoms with van der Waals surface area (Å²) in [6.45, 7) is 6.01. The molecule has 0 fully saturated rings. The van der Waals surface area contributed by atoms with Crippen molar-refractivity contribution in [2.24, 2.45) is 7.05 Å². The summed E-state index contributed by atoms with van der Waals surface area (Å²) in [4.78, 5) is 23.1. The fourth-order valence-electron chi connectivity index (χ4n) is 4.60. The Kier molecular flexibility index (Phi) is 9.89. The zero-order chi connectivity index (χ0) is 32.0. The average molecular weight is 608 g/mol. The van der Waals surface area contributed by atoms with Crippen LogP contribution in [0, 0.1) is 5.82 Å². The minimum atomic E-state index is -0.703. The number of nitrogens with two attached hydrogens (primary N) is 1. The summed E-state index contributed by atoms with van der Waals surface area (Å²) in [5, 5.41) is 7.00. The van der Waals surface area contributed by atoms with Gasteiger partial charge in [-0.25, -0.2) is 19.2 Å². The zero-order valence-corrected chi connectivity index (χ0v) is 26.0. The quantitative estimate of drug-likeness (QED) is 0.220. The molecule has 2 aromatic carbocycles. The second-order valence-electron chi connectivity index (χ2n) is 11.1. The molecule has 13 heteroatoms. The molecule has 1 amide bonds. The number of carbonyl (C=O) groups is 1. The first-order valence-electron chi connectivity index (χ1n) is 13.8. The van der Waals surface area contributed by atoms with Crippen molar-refractivity contribution >= 4 is 17.6 Å². The molecule has 234 valence electrons. The third kappa shape index (κ3) is 8.13. The lowest BCUT2D eigenvalue weighted by Gasteiger charge is -2.25. The molecule has 3 N–H and O–H groups in total. The van der Waals surface area contributed by atoms with Crippen LogP contribution in [0.2, 0.25) is 0 Å². The number of nitrogens with zero attached hydrogens (tertiary/aromatic N) is 5. The van der Waals surface area contributed by atoms with Gasteiger partial charge in [0.25, 0.3) is 0 Å². The zero-order valence-electron chi connectivity index (χ0n) is 26.0. The van der Waals surface area contributed by atoms with Crippen LogP contribution in [0.3, 0.4) is 0 Å². The first-order chi connectivity index (χ1) is 20.9. The van der Waals surface area contributed by atoms with Gasteiger partial charge in [-0.15, -0.1) is 0 Å². The number of nitrogens with one attached hydrogen (secondary N) is 1. The van der Waals surface area contributed by atoms with E-state index in [2.05, 4.69) is 20.4 Å². The summed E-state index contributed by atoms with van der Waals surface area (Å²) in [7, 11) is 6.46. The highest BCUT2D eigenvalue weighted by Crippen LogP contribution is 2.35. The molecule has 2 heterocycles. The van der Waals surface area contributed by atoms with Crippen LogP contribution in [0.4, 0.5) is 20.7 Å². The molecule has 0 saturated carbocycles. The molecule has 0 spiro atoms. The molecule has 2 aromatic heterocycles. The SMILES string of the molecule is COc1ccc(CN(Cc2cc(N)c(OC)c(-c3ncn(C)n3)c2)Cc2nc(NC(=O)OC(C)(C)C)ccc2F)c(OC)c1. The number of pyridine rings is 1. The molecule has 0 aliphatic heterocycles. The highest BCUT2D eigenvalue weighted by atomic mass is 19.1. The van der Waals surface area contributed by atoms with Gasteiger partial charge in [0.15, 0.2) is 11.6 Å². The summed E-state index contributed by atoms with van der Waals surface area (Å²) >= 11 is 0. The monoisotopic (exact) mass is 607 g/mol. The molecule has 0 atom stereocenters. The lowest BCUT2D eigenvalue weighted by Crippen LogP contribution is -2.28. The van der Waals surface area contributed by atoms with Gasteiger partial charge in [-0.3, -0.25) is 14.9 Å². The Hall–Kier alpha value is -4.91. The summed E-state index contributed by atoms with van der Waals surface area (Å²) in [6, 6.07) is 11.8. The van der Waals surface area contributed by atoms with Gasteiger partial charge in [-0.1, -0.05) is 6.07 Å². The maximum Gasteiger partial charge on any atom is 0.413 e. The van der Waals surface area contributed by atoms with Gasteiger partial charge in [0.1, 0.15) is 35.1 Å². The summed E-state index contributed by atoms with van der Waals surface area (Å²) in [5.41, 5.74) is 8.50. The Balaban J connectivity index is 1.70. The van der Waals surface area contributed by atoms with Crippen molar-refractivity contribution in [1.82, 2.24) is 24.6 Å². The number of ether oxygens (including phenoxy) is 4. The fourth-order valence-corrected chi connectivity index (χ4v) is 4.60. The molecule has 0 unspecified atom stereocenters. The highest BCUT2D eigenvalue weighted by molar-refractivity contribution is 5.83. The van der Waals surface area contributed by atoms with Crippen molar-refractivity contribution in [2.75, 3.05) is 32.4 Å². The lowest BCUT2D eigenvalue weighted by atomic mass is 10.1. The Morgan fingerprint density at radius 2 is 1.80 bits per heavy atom. The maximum absolute atomic E-state index is 15.2. The minimum Gasteiger partial charge on any atom is -0.497 e. The number of aryl methyl sites for hydroxylation is 1. The third-order valence-electron chi connectivity index (χ3n) is 6.44. The van der Waals surface area contributed by atoms with Crippen LogP contribution in [-0.2, 0) is 31.4 Å². The van der Waals surface area contributed by atoms with Crippen LogP contribution in [0.1, 0.15) is 37.6 Å². The second kappa shape index (κ2) is 13.6. The molecular formula is C31H38FN7O5. The molecule has 0 bridgehead atoms. The Morgan fingerprint density at radius 3 is 2.43 bits per heavy atom. The van der Waals surface area contributed by atoms with E-state index in [9.17, 15) is 4.79 Å². The minimum absolute atomic E-state index is 0.0773. The summed E-state index contributed by atoms with van der Waals surface area (Å²) in [6.07, 6.45) is 0.902. The van der Waals surface area contributed by atoms with Crippen molar-refractivity contribution in [1.29, 1.82) is 0 Å². The highest BCUT2D eigenvalue weighted by Gasteiger charge is 2.21. The van der Waals surface area contributed by atoms with Crippen molar-refractivity contribution in [3.8, 4) is 28.6 Å². The number of hydrogen-bond donors (Lipinski definition) is 2. The molecule has 0 aliphatic carbocycles. The number of benzene rings is 2. The first-order valence-corrected chi connectivity index (χ1v) is 13.8. The van der Waals surface area contributed by atoms with Crippen LogP contribution in [-0.4, -0.2) is 57.7 Å². The van der Waals surface area contributed by atoms with Crippen molar-refractivity contribution in [3.05, 3.63) is 71.4 Å². The maximum atomic E-state index is 15.2. The van der Waals surface area contributed by atoms with Gasteiger partial charge in [-0.2, -0.15) is 5.10 Å². The number of methoxy groups -OCH3 is 3. The number of amides is 1. The van der Waals surface area contributed by atoms with E-state index < -0.39 is 17.5 Å². The molecule has 4 aromatic rings. The number of anilines is 2. The number of nitrogen functional groups attached to an aromatic ring is 1. The number of rotatable bonds is 11. The molecule has 44 heavy (non-hydrogen) atoms. The van der Waals surface area contributed by atoms with Gasteiger partial charge >= 0.3 is 6.09 Å². The summed E-state index contributed by atoms with van der Waals surface area (Å²) in [5.74, 6) is 1.79. The van der Waals surface area contributed by atoms with Crippen LogP contribution >= 0.6 is 0 Å². The Labute approximate surface area is 255 Å². The second-order valence-corrected chi connectivity index (χ2v) is 11.1. The van der Waals surface area contributed by atoms with Crippen molar-refractivity contribution < 1.29 is 28.1 Å². The molecule has 0 aliphatic rings.